The van der Waals surface area contributed by atoms with Crippen molar-refractivity contribution in [2.45, 2.75) is 108 Å². The Morgan fingerprint density at radius 2 is 1.22 bits per heavy atom. The quantitative estimate of drug-likeness (QED) is 0.124. The Kier molecular flexibility index (Phi) is 14.8. The van der Waals surface area contributed by atoms with Gasteiger partial charge in [0.15, 0.2) is 5.25 Å². The van der Waals surface area contributed by atoms with Gasteiger partial charge < -0.3 is 10.2 Å². The van der Waals surface area contributed by atoms with Crippen LogP contribution in [0.4, 0.5) is 0 Å². The molecular weight excluding hydrogens is 376 g/mol. The molecule has 0 aromatic heterocycles. The largest absolute Gasteiger partial charge is 0.390 e. The molecule has 27 heavy (non-hydrogen) atoms. The maximum Gasteiger partial charge on any atom is 0.362 e. The lowest BCUT2D eigenvalue weighted by Gasteiger charge is -2.18. The number of aliphatic hydroxyl groups excluding tert-OH is 2. The van der Waals surface area contributed by atoms with Crippen LogP contribution in [0.5, 0.6) is 0 Å². The van der Waals surface area contributed by atoms with Gasteiger partial charge in [0.05, 0.1) is 12.2 Å². The van der Waals surface area contributed by atoms with Crippen molar-refractivity contribution in [1.82, 2.24) is 0 Å². The number of carbonyl (C=O) groups is 1. The maximum atomic E-state index is 11.1. The Morgan fingerprint density at radius 3 is 1.67 bits per heavy atom. The molecule has 162 valence electrons. The first-order chi connectivity index (χ1) is 12.7. The molecule has 3 unspecified atom stereocenters. The zero-order chi connectivity index (χ0) is 20.7. The van der Waals surface area contributed by atoms with Crippen molar-refractivity contribution in [3.63, 3.8) is 0 Å². The zero-order valence-corrected chi connectivity index (χ0v) is 17.1. The number of hydrogen-bond donors (Lipinski definition) is 4. The van der Waals surface area contributed by atoms with E-state index in [1.54, 1.807) is 0 Å². The Balaban J connectivity index is 3.85. The highest BCUT2D eigenvalue weighted by Crippen LogP contribution is 2.16. The van der Waals surface area contributed by atoms with Gasteiger partial charge in [0.1, 0.15) is 0 Å². The normalized spacial score (nSPS) is 15.3. The molecule has 0 rings (SSSR count). The summed E-state index contributed by atoms with van der Waals surface area (Å²) in [6, 6.07) is 0. The Hall–Kier alpha value is -0.740. The Labute approximate surface area is 162 Å². The van der Waals surface area contributed by atoms with Crippen molar-refractivity contribution in [2.24, 2.45) is 0 Å². The van der Waals surface area contributed by atoms with E-state index in [0.29, 0.717) is 32.1 Å². The first kappa shape index (κ1) is 26.3. The third-order valence-electron chi connectivity index (χ3n) is 4.73. The molecule has 0 fully saturated rings. The molecule has 0 saturated carbocycles. The summed E-state index contributed by atoms with van der Waals surface area (Å²) >= 11 is 0. The number of rotatable bonds is 17. The second-order valence-electron chi connectivity index (χ2n) is 7.10. The lowest BCUT2D eigenvalue weighted by Crippen LogP contribution is -2.31. The van der Waals surface area contributed by atoms with Crippen molar-refractivity contribution in [3.05, 3.63) is 0 Å². The molecule has 4 N–H and O–H groups in total. The standard InChI is InChI=1S/C18H36O8S/c1-2-3-4-5-6-7-9-12-15(19)16(20)13-10-8-11-14-17(18(21)26-22)27(23,24)25/h15-17,19-20,22H,2-14H2,1H3,(H,23,24,25). The molecule has 3 atom stereocenters. The van der Waals surface area contributed by atoms with Gasteiger partial charge in [-0.1, -0.05) is 71.1 Å². The monoisotopic (exact) mass is 412 g/mol. The third-order valence-corrected chi connectivity index (χ3v) is 5.87. The summed E-state index contributed by atoms with van der Waals surface area (Å²) in [5.41, 5.74) is 0. The highest BCUT2D eigenvalue weighted by molar-refractivity contribution is 7.87. The average molecular weight is 413 g/mol. The third kappa shape index (κ3) is 13.1. The molecule has 0 aromatic rings. The van der Waals surface area contributed by atoms with E-state index in [4.69, 9.17) is 9.81 Å². The van der Waals surface area contributed by atoms with Gasteiger partial charge in [-0.25, -0.2) is 4.79 Å². The number of aliphatic hydroxyl groups is 2. The SMILES string of the molecule is CCCCCCCCCC(O)C(O)CCCCCC(C(=O)OO)S(=O)(=O)O. The lowest BCUT2D eigenvalue weighted by atomic mass is 9.99. The predicted molar refractivity (Wildman–Crippen MR) is 102 cm³/mol. The first-order valence-corrected chi connectivity index (χ1v) is 11.4. The fourth-order valence-corrected chi connectivity index (χ4v) is 3.75. The first-order valence-electron chi connectivity index (χ1n) is 9.91. The molecule has 0 aliphatic carbocycles. The van der Waals surface area contributed by atoms with E-state index in [-0.39, 0.29) is 6.42 Å². The van der Waals surface area contributed by atoms with E-state index in [1.165, 1.54) is 25.7 Å². The second kappa shape index (κ2) is 15.2. The molecule has 0 heterocycles. The summed E-state index contributed by atoms with van der Waals surface area (Å²) in [5, 5.41) is 26.4. The average Bonchev–Trinajstić information content (AvgIpc) is 2.61. The molecule has 0 aliphatic rings. The number of unbranched alkanes of at least 4 members (excludes halogenated alkanes) is 8. The minimum atomic E-state index is -4.64. The van der Waals surface area contributed by atoms with Crippen molar-refractivity contribution >= 4 is 16.1 Å². The minimum absolute atomic E-state index is 0.186. The van der Waals surface area contributed by atoms with Gasteiger partial charge in [0, 0.05) is 0 Å². The van der Waals surface area contributed by atoms with Crippen LogP contribution in [0.2, 0.25) is 0 Å². The fraction of sp³-hybridized carbons (Fsp3) is 0.944. The number of carbonyl (C=O) groups excluding carboxylic acids is 1. The minimum Gasteiger partial charge on any atom is -0.390 e. The number of hydrogen-bond acceptors (Lipinski definition) is 7. The topological polar surface area (TPSA) is 141 Å². The van der Waals surface area contributed by atoms with Crippen LogP contribution in [-0.2, 0) is 19.8 Å². The van der Waals surface area contributed by atoms with Crippen LogP contribution in [0.25, 0.3) is 0 Å². The molecule has 9 heteroatoms. The molecule has 0 amide bonds. The van der Waals surface area contributed by atoms with Crippen LogP contribution in [0, 0.1) is 0 Å². The van der Waals surface area contributed by atoms with Gasteiger partial charge in [-0.2, -0.15) is 13.7 Å². The highest BCUT2D eigenvalue weighted by Gasteiger charge is 2.32. The van der Waals surface area contributed by atoms with Crippen molar-refractivity contribution in [3.8, 4) is 0 Å². The summed E-state index contributed by atoms with van der Waals surface area (Å²) in [7, 11) is -4.64. The second-order valence-corrected chi connectivity index (χ2v) is 8.70. The Bertz CT molecular complexity index is 480. The van der Waals surface area contributed by atoms with Crippen molar-refractivity contribution in [1.29, 1.82) is 0 Å². The van der Waals surface area contributed by atoms with Crippen molar-refractivity contribution < 1.29 is 38.1 Å². The van der Waals surface area contributed by atoms with Crippen molar-refractivity contribution in [2.75, 3.05) is 0 Å². The Morgan fingerprint density at radius 1 is 0.815 bits per heavy atom. The van der Waals surface area contributed by atoms with E-state index in [9.17, 15) is 23.4 Å². The van der Waals surface area contributed by atoms with Crippen LogP contribution < -0.4 is 0 Å². The predicted octanol–water partition coefficient (Wildman–Crippen LogP) is 3.07. The van der Waals surface area contributed by atoms with Gasteiger partial charge in [-0.3, -0.25) is 9.44 Å². The maximum absolute atomic E-state index is 11.1. The molecule has 0 spiro atoms. The van der Waals surface area contributed by atoms with E-state index in [0.717, 1.165) is 19.3 Å². The molecule has 0 aromatic carbocycles. The van der Waals surface area contributed by atoms with Crippen LogP contribution in [-0.4, -0.2) is 51.9 Å². The van der Waals surface area contributed by atoms with Gasteiger partial charge >= 0.3 is 5.97 Å². The highest BCUT2D eigenvalue weighted by atomic mass is 32.2. The van der Waals surface area contributed by atoms with Crippen LogP contribution in [0.1, 0.15) is 90.4 Å². The molecular formula is C18H36O8S. The summed E-state index contributed by atoms with van der Waals surface area (Å²) in [6.45, 7) is 2.17. The van der Waals surface area contributed by atoms with Gasteiger partial charge in [-0.05, 0) is 19.3 Å². The lowest BCUT2D eigenvalue weighted by molar-refractivity contribution is -0.234. The van der Waals surface area contributed by atoms with Crippen LogP contribution in [0.3, 0.4) is 0 Å². The summed E-state index contributed by atoms with van der Waals surface area (Å²) in [6.07, 6.45) is 8.49. The molecule has 0 aliphatic heterocycles. The molecule has 0 saturated heterocycles. The summed E-state index contributed by atoms with van der Waals surface area (Å²) < 4.78 is 31.1. The van der Waals surface area contributed by atoms with Crippen LogP contribution >= 0.6 is 0 Å². The van der Waals surface area contributed by atoms with Gasteiger partial charge in [0.2, 0.25) is 0 Å². The van der Waals surface area contributed by atoms with E-state index < -0.39 is 33.5 Å². The van der Waals surface area contributed by atoms with Gasteiger partial charge in [-0.15, -0.1) is 0 Å². The van der Waals surface area contributed by atoms with E-state index in [1.807, 2.05) is 0 Å². The zero-order valence-electron chi connectivity index (χ0n) is 16.3. The van der Waals surface area contributed by atoms with E-state index in [2.05, 4.69) is 11.8 Å². The van der Waals surface area contributed by atoms with Gasteiger partial charge in [0.25, 0.3) is 10.1 Å². The molecule has 0 bridgehead atoms. The molecule has 8 nitrogen and oxygen atoms in total. The van der Waals surface area contributed by atoms with Crippen LogP contribution in [0.15, 0.2) is 0 Å². The summed E-state index contributed by atoms with van der Waals surface area (Å²) in [4.78, 5) is 14.5. The fourth-order valence-electron chi connectivity index (χ4n) is 3.00. The smallest absolute Gasteiger partial charge is 0.362 e. The summed E-state index contributed by atoms with van der Waals surface area (Å²) in [5.74, 6) is -1.41. The molecule has 0 radical (unpaired) electrons. The van der Waals surface area contributed by atoms with E-state index >= 15 is 0 Å².